The van der Waals surface area contributed by atoms with Crippen LogP contribution in [0.3, 0.4) is 0 Å². The Morgan fingerprint density at radius 1 is 1.54 bits per heavy atom. The molecule has 1 unspecified atom stereocenters. The minimum Gasteiger partial charge on any atom is -0.475 e. The molecule has 0 aromatic carbocycles. The Bertz CT molecular complexity index is 812. The zero-order chi connectivity index (χ0) is 20.5. The van der Waals surface area contributed by atoms with Crippen LogP contribution in [0.5, 0.6) is 0 Å². The predicted octanol–water partition coefficient (Wildman–Crippen LogP) is 1.73. The van der Waals surface area contributed by atoms with Gasteiger partial charge in [0, 0.05) is 6.54 Å². The number of carbonyl (C=O) groups is 2. The smallest absolute Gasteiger partial charge is 0.475 e. The van der Waals surface area contributed by atoms with Gasteiger partial charge in [-0.05, 0) is 0 Å². The van der Waals surface area contributed by atoms with E-state index in [2.05, 4.69) is 21.9 Å². The van der Waals surface area contributed by atoms with Crippen LogP contribution in [-0.2, 0) is 9.63 Å². The summed E-state index contributed by atoms with van der Waals surface area (Å²) in [4.78, 5) is 38.9. The largest absolute Gasteiger partial charge is 0.490 e. The van der Waals surface area contributed by atoms with Crippen molar-refractivity contribution in [3.05, 3.63) is 28.7 Å². The number of carboxylic acids is 1. The van der Waals surface area contributed by atoms with Gasteiger partial charge < -0.3 is 15.3 Å². The number of halogens is 3. The molecule has 1 fully saturated rings. The molecule has 2 amide bonds. The number of amides is 2. The number of nitrogens with one attached hydrogen (secondary N) is 1. The van der Waals surface area contributed by atoms with Gasteiger partial charge in [0.25, 0.3) is 0 Å². The molecule has 0 saturated carbocycles. The van der Waals surface area contributed by atoms with Gasteiger partial charge >= 0.3 is 18.2 Å². The van der Waals surface area contributed by atoms with Crippen LogP contribution in [0.25, 0.3) is 0 Å². The highest BCUT2D eigenvalue weighted by atomic mass is 32.1. The quantitative estimate of drug-likeness (QED) is 0.720. The van der Waals surface area contributed by atoms with E-state index in [0.29, 0.717) is 13.2 Å². The molecule has 1 saturated heterocycles. The Labute approximate surface area is 161 Å². The summed E-state index contributed by atoms with van der Waals surface area (Å²) in [5, 5.41) is 11.8. The van der Waals surface area contributed by atoms with E-state index >= 15 is 0 Å². The number of thiazole rings is 1. The number of aliphatic imine (C=N–C) groups is 1. The van der Waals surface area contributed by atoms with Gasteiger partial charge in [-0.3, -0.25) is 9.83 Å². The third kappa shape index (κ3) is 3.67. The lowest BCUT2D eigenvalue weighted by Gasteiger charge is -2.29. The molecular formula is C15H16F3N5O4S. The lowest BCUT2D eigenvalue weighted by Crippen LogP contribution is -2.42. The summed E-state index contributed by atoms with van der Waals surface area (Å²) in [5.74, 6) is -1.92. The topological polar surface area (TPSA) is 107 Å². The van der Waals surface area contributed by atoms with E-state index in [1.165, 1.54) is 5.06 Å². The van der Waals surface area contributed by atoms with E-state index in [1.807, 2.05) is 5.51 Å². The maximum atomic E-state index is 12.6. The second kappa shape index (κ2) is 7.75. The first-order valence-electron chi connectivity index (χ1n) is 8.11. The Morgan fingerprint density at radius 2 is 2.25 bits per heavy atom. The first-order chi connectivity index (χ1) is 13.3. The Balaban J connectivity index is 0.000000279. The fraction of sp³-hybridized carbons (Fsp3) is 0.467. The van der Waals surface area contributed by atoms with E-state index in [4.69, 9.17) is 14.7 Å². The molecule has 4 rings (SSSR count). The molecule has 9 nitrogen and oxygen atoms in total. The van der Waals surface area contributed by atoms with E-state index in [9.17, 15) is 18.0 Å². The number of aliphatic carboxylic acids is 1. The van der Waals surface area contributed by atoms with E-state index in [0.717, 1.165) is 29.5 Å². The number of fused-ring (bicyclic) bond motifs is 4. The average Bonchev–Trinajstić information content (AvgIpc) is 3.36. The number of carboxylic acid groups (broad SMARTS) is 1. The third-order valence-electron chi connectivity index (χ3n) is 4.12. The summed E-state index contributed by atoms with van der Waals surface area (Å²) in [7, 11) is 0. The van der Waals surface area contributed by atoms with Crippen molar-refractivity contribution in [2.75, 3.05) is 26.2 Å². The Kier molecular flexibility index (Phi) is 5.56. The third-order valence-corrected chi connectivity index (χ3v) is 5.06. The van der Waals surface area contributed by atoms with Gasteiger partial charge in [0.2, 0.25) is 0 Å². The molecule has 2 N–H and O–H groups in total. The van der Waals surface area contributed by atoms with Crippen molar-refractivity contribution >= 4 is 29.2 Å². The van der Waals surface area contributed by atoms with Crippen LogP contribution < -0.4 is 5.32 Å². The van der Waals surface area contributed by atoms with Crippen molar-refractivity contribution < 1.29 is 32.7 Å². The fourth-order valence-electron chi connectivity index (χ4n) is 3.02. The average molecular weight is 419 g/mol. The molecule has 152 valence electrons. The zero-order valence-electron chi connectivity index (χ0n) is 14.3. The SMILES string of the molecule is C=CCON1C(=O)N2C[C@H]1c1scnc1C2C1=NCCN1.O=C(O)C(F)(F)F. The van der Waals surface area contributed by atoms with Crippen LogP contribution in [0.2, 0.25) is 0 Å². The highest BCUT2D eigenvalue weighted by Crippen LogP contribution is 2.45. The minimum atomic E-state index is -5.08. The van der Waals surface area contributed by atoms with Crippen LogP contribution in [-0.4, -0.2) is 70.3 Å². The molecule has 1 aromatic rings. The standard InChI is InChI=1S/C13H15N5O2S.C2HF3O2/c1-2-5-20-18-8-6-17(13(18)19)10(12-14-3-4-15-12)9-11(8)21-7-16-9;3-2(4,5)1(6)7/h2,7-8,10H,1,3-6H2,(H,14,15);(H,6,7)/t8-,10?;/m0./s1. The summed E-state index contributed by atoms with van der Waals surface area (Å²) in [5.41, 5.74) is 2.74. The Morgan fingerprint density at radius 3 is 2.82 bits per heavy atom. The zero-order valence-corrected chi connectivity index (χ0v) is 15.2. The summed E-state index contributed by atoms with van der Waals surface area (Å²) in [6.07, 6.45) is -3.45. The van der Waals surface area contributed by atoms with Crippen molar-refractivity contribution in [2.24, 2.45) is 4.99 Å². The second-order valence-corrected chi connectivity index (χ2v) is 6.75. The van der Waals surface area contributed by atoms with Gasteiger partial charge in [-0.15, -0.1) is 17.9 Å². The molecule has 2 atom stereocenters. The number of alkyl halides is 3. The number of aromatic nitrogens is 1. The maximum Gasteiger partial charge on any atom is 0.490 e. The van der Waals surface area contributed by atoms with Gasteiger partial charge in [0.15, 0.2) is 0 Å². The first kappa shape index (κ1) is 20.1. The van der Waals surface area contributed by atoms with Crippen LogP contribution in [0, 0.1) is 0 Å². The van der Waals surface area contributed by atoms with Gasteiger partial charge in [0.1, 0.15) is 17.9 Å². The van der Waals surface area contributed by atoms with Crippen molar-refractivity contribution in [2.45, 2.75) is 18.3 Å². The monoisotopic (exact) mass is 419 g/mol. The molecule has 0 aliphatic carbocycles. The molecule has 0 radical (unpaired) electrons. The molecule has 1 aromatic heterocycles. The summed E-state index contributed by atoms with van der Waals surface area (Å²) in [6, 6.07) is -0.429. The molecule has 3 aliphatic heterocycles. The summed E-state index contributed by atoms with van der Waals surface area (Å²) < 4.78 is 31.7. The molecular weight excluding hydrogens is 403 g/mol. The van der Waals surface area contributed by atoms with Crippen molar-refractivity contribution in [1.29, 1.82) is 0 Å². The summed E-state index contributed by atoms with van der Waals surface area (Å²) >= 11 is 1.57. The van der Waals surface area contributed by atoms with Gasteiger partial charge in [-0.2, -0.15) is 18.2 Å². The predicted molar refractivity (Wildman–Crippen MR) is 91.7 cm³/mol. The van der Waals surface area contributed by atoms with Crippen LogP contribution in [0.15, 0.2) is 23.2 Å². The lowest BCUT2D eigenvalue weighted by molar-refractivity contribution is -0.192. The number of hydrogen-bond donors (Lipinski definition) is 2. The van der Waals surface area contributed by atoms with Crippen LogP contribution in [0.1, 0.15) is 22.7 Å². The molecule has 2 bridgehead atoms. The second-order valence-electron chi connectivity index (χ2n) is 5.86. The number of hydrogen-bond acceptors (Lipinski definition) is 7. The summed E-state index contributed by atoms with van der Waals surface area (Å²) in [6.45, 7) is 6.11. The van der Waals surface area contributed by atoms with Crippen LogP contribution in [0.4, 0.5) is 18.0 Å². The Hall–Kier alpha value is -2.67. The molecule has 4 heterocycles. The molecule has 13 heteroatoms. The van der Waals surface area contributed by atoms with Gasteiger partial charge in [-0.25, -0.2) is 14.6 Å². The number of rotatable bonds is 4. The van der Waals surface area contributed by atoms with Crippen LogP contribution >= 0.6 is 11.3 Å². The lowest BCUT2D eigenvalue weighted by atomic mass is 10.0. The van der Waals surface area contributed by atoms with Crippen molar-refractivity contribution in [1.82, 2.24) is 20.3 Å². The van der Waals surface area contributed by atoms with Crippen molar-refractivity contribution in [3.8, 4) is 0 Å². The molecule has 0 spiro atoms. The highest BCUT2D eigenvalue weighted by molar-refractivity contribution is 7.09. The normalized spacial score (nSPS) is 22.8. The molecule has 28 heavy (non-hydrogen) atoms. The highest BCUT2D eigenvalue weighted by Gasteiger charge is 2.51. The van der Waals surface area contributed by atoms with Gasteiger partial charge in [0.05, 0.1) is 35.8 Å². The first-order valence-corrected chi connectivity index (χ1v) is 8.99. The number of amidine groups is 1. The van der Waals surface area contributed by atoms with Crippen molar-refractivity contribution in [3.63, 3.8) is 0 Å². The number of nitrogens with zero attached hydrogens (tertiary/aromatic N) is 4. The number of hydroxylamine groups is 2. The number of carbonyl (C=O) groups excluding carboxylic acids is 1. The fourth-order valence-corrected chi connectivity index (χ4v) is 3.92. The van der Waals surface area contributed by atoms with E-state index in [-0.39, 0.29) is 18.1 Å². The maximum absolute atomic E-state index is 12.6. The molecule has 3 aliphatic rings. The van der Waals surface area contributed by atoms with E-state index in [1.54, 1.807) is 22.3 Å². The van der Waals surface area contributed by atoms with Gasteiger partial charge in [-0.1, -0.05) is 6.08 Å². The minimum absolute atomic E-state index is 0.0850. The van der Waals surface area contributed by atoms with E-state index < -0.39 is 12.1 Å². The number of urea groups is 1.